The summed E-state index contributed by atoms with van der Waals surface area (Å²) in [7, 11) is 0. The van der Waals surface area contributed by atoms with Crippen molar-refractivity contribution in [2.24, 2.45) is 0 Å². The van der Waals surface area contributed by atoms with Crippen LogP contribution in [0.25, 0.3) is 0 Å². The summed E-state index contributed by atoms with van der Waals surface area (Å²) in [5.74, 6) is -1.17. The molecule has 10 nitrogen and oxygen atoms in total. The van der Waals surface area contributed by atoms with Gasteiger partial charge in [0.1, 0.15) is 36.5 Å². The van der Waals surface area contributed by atoms with E-state index in [1.807, 2.05) is 114 Å². The maximum absolute atomic E-state index is 12.2. The maximum atomic E-state index is 12.2. The molecule has 0 heterocycles. The first-order chi connectivity index (χ1) is 21.5. The molecule has 2 aromatic carbocycles. The van der Waals surface area contributed by atoms with Crippen LogP contribution in [0.4, 0.5) is 0 Å². The first-order valence-corrected chi connectivity index (χ1v) is 15.8. The van der Waals surface area contributed by atoms with Gasteiger partial charge in [0.25, 0.3) is 0 Å². The van der Waals surface area contributed by atoms with E-state index >= 15 is 0 Å². The Labute approximate surface area is 275 Å². The van der Waals surface area contributed by atoms with Crippen molar-refractivity contribution in [2.45, 2.75) is 112 Å². The summed E-state index contributed by atoms with van der Waals surface area (Å²) in [5.41, 5.74) is 0.915. The molecule has 0 amide bonds. The molecule has 0 aromatic heterocycles. The highest BCUT2D eigenvalue weighted by Gasteiger charge is 2.24. The van der Waals surface area contributed by atoms with Gasteiger partial charge in [-0.3, -0.25) is 24.1 Å². The van der Waals surface area contributed by atoms with Gasteiger partial charge in [-0.15, -0.1) is 0 Å². The highest BCUT2D eigenvalue weighted by Crippen LogP contribution is 2.11. The topological polar surface area (TPSA) is 120 Å². The molecule has 2 rings (SSSR count). The lowest BCUT2D eigenvalue weighted by Crippen LogP contribution is -2.41. The Hall–Kier alpha value is -3.76. The molecule has 0 aliphatic heterocycles. The Morgan fingerprint density at radius 3 is 1.57 bits per heavy atom. The van der Waals surface area contributed by atoms with Gasteiger partial charge in [0, 0.05) is 13.1 Å². The Morgan fingerprint density at radius 2 is 1.13 bits per heavy atom. The minimum atomic E-state index is -0.492. The average molecular weight is 643 g/mol. The van der Waals surface area contributed by atoms with Crippen LogP contribution in [0, 0.1) is 0 Å². The fourth-order valence-corrected chi connectivity index (χ4v) is 3.97. The normalized spacial score (nSPS) is 12.7. The van der Waals surface area contributed by atoms with E-state index in [0.717, 1.165) is 11.1 Å². The average Bonchev–Trinajstić information content (AvgIpc) is 2.98. The van der Waals surface area contributed by atoms with Crippen LogP contribution in [-0.4, -0.2) is 71.7 Å². The summed E-state index contributed by atoms with van der Waals surface area (Å²) in [6.07, 6.45) is 0.467. The number of benzene rings is 2. The van der Waals surface area contributed by atoms with Crippen molar-refractivity contribution >= 4 is 23.9 Å². The number of hydrogen-bond donors (Lipinski definition) is 1. The number of nitrogens with one attached hydrogen (secondary N) is 1. The van der Waals surface area contributed by atoms with Crippen molar-refractivity contribution in [3.63, 3.8) is 0 Å². The van der Waals surface area contributed by atoms with Crippen LogP contribution < -0.4 is 5.32 Å². The number of rotatable bonds is 15. The summed E-state index contributed by atoms with van der Waals surface area (Å²) in [6.45, 7) is 18.4. The molecule has 10 heteroatoms. The van der Waals surface area contributed by atoms with Crippen LogP contribution >= 0.6 is 0 Å². The van der Waals surface area contributed by atoms with Crippen LogP contribution in [0.1, 0.15) is 86.3 Å². The summed E-state index contributed by atoms with van der Waals surface area (Å²) in [6, 6.07) is 18.2. The van der Waals surface area contributed by atoms with Gasteiger partial charge in [0.15, 0.2) is 0 Å². The molecule has 0 aliphatic carbocycles. The first kappa shape index (κ1) is 40.3. The molecule has 2 atom stereocenters. The third-order valence-corrected chi connectivity index (χ3v) is 6.32. The van der Waals surface area contributed by atoms with Crippen LogP contribution in [0.2, 0.25) is 0 Å². The van der Waals surface area contributed by atoms with Gasteiger partial charge < -0.3 is 24.3 Å². The van der Waals surface area contributed by atoms with Crippen molar-refractivity contribution in [2.75, 3.05) is 19.6 Å². The SMILES string of the molecule is CCN(CCC(=O)OC(C)(C)C)[C@@H](C)C(=O)OCc1ccccc1.C[C@H](NCCC(=O)OC(C)(C)C)C(=O)OCc1ccccc1. The highest BCUT2D eigenvalue weighted by molar-refractivity contribution is 5.76. The quantitative estimate of drug-likeness (QED) is 0.194. The molecular weight excluding hydrogens is 588 g/mol. The zero-order chi connectivity index (χ0) is 34.8. The second-order valence-electron chi connectivity index (χ2n) is 12.8. The predicted molar refractivity (Wildman–Crippen MR) is 178 cm³/mol. The lowest BCUT2D eigenvalue weighted by Gasteiger charge is -2.26. The Morgan fingerprint density at radius 1 is 0.696 bits per heavy atom. The van der Waals surface area contributed by atoms with Crippen molar-refractivity contribution in [3.8, 4) is 0 Å². The smallest absolute Gasteiger partial charge is 0.323 e. The number of nitrogens with zero attached hydrogens (tertiary/aromatic N) is 1. The molecule has 0 saturated carbocycles. The minimum Gasteiger partial charge on any atom is -0.460 e. The lowest BCUT2D eigenvalue weighted by atomic mass is 10.2. The molecule has 0 bridgehead atoms. The first-order valence-electron chi connectivity index (χ1n) is 15.8. The summed E-state index contributed by atoms with van der Waals surface area (Å²) < 4.78 is 21.1. The van der Waals surface area contributed by atoms with Gasteiger partial charge in [-0.1, -0.05) is 67.6 Å². The second-order valence-corrected chi connectivity index (χ2v) is 12.8. The molecule has 0 radical (unpaired) electrons. The van der Waals surface area contributed by atoms with Crippen molar-refractivity contribution in [3.05, 3.63) is 71.8 Å². The third-order valence-electron chi connectivity index (χ3n) is 6.32. The zero-order valence-corrected chi connectivity index (χ0v) is 29.1. The van der Waals surface area contributed by atoms with Crippen LogP contribution in [-0.2, 0) is 51.3 Å². The zero-order valence-electron chi connectivity index (χ0n) is 29.1. The van der Waals surface area contributed by atoms with Gasteiger partial charge in [-0.05, 0) is 73.1 Å². The Balaban J connectivity index is 0.000000462. The molecule has 0 spiro atoms. The Bertz CT molecular complexity index is 1190. The highest BCUT2D eigenvalue weighted by atomic mass is 16.6. The van der Waals surface area contributed by atoms with E-state index in [1.165, 1.54) is 0 Å². The van der Waals surface area contributed by atoms with Gasteiger partial charge in [-0.25, -0.2) is 0 Å². The maximum Gasteiger partial charge on any atom is 0.323 e. The molecular formula is C36H54N2O8. The van der Waals surface area contributed by atoms with Gasteiger partial charge >= 0.3 is 23.9 Å². The van der Waals surface area contributed by atoms with Gasteiger partial charge in [-0.2, -0.15) is 0 Å². The van der Waals surface area contributed by atoms with E-state index in [2.05, 4.69) is 5.32 Å². The second kappa shape index (κ2) is 20.4. The predicted octanol–water partition coefficient (Wildman–Crippen LogP) is 5.61. The molecule has 0 fully saturated rings. The van der Waals surface area contributed by atoms with Gasteiger partial charge in [0.05, 0.1) is 12.8 Å². The van der Waals surface area contributed by atoms with Gasteiger partial charge in [0.2, 0.25) is 0 Å². The van der Waals surface area contributed by atoms with Crippen molar-refractivity contribution in [1.29, 1.82) is 0 Å². The number of carbonyl (C=O) groups is 4. The minimum absolute atomic E-state index is 0.216. The molecule has 46 heavy (non-hydrogen) atoms. The summed E-state index contributed by atoms with van der Waals surface area (Å²) in [4.78, 5) is 49.3. The number of ether oxygens (including phenoxy) is 4. The molecule has 0 aliphatic rings. The van der Waals surface area contributed by atoms with Crippen molar-refractivity contribution < 1.29 is 38.1 Å². The van der Waals surface area contributed by atoms with Crippen LogP contribution in [0.15, 0.2) is 60.7 Å². The van der Waals surface area contributed by atoms with E-state index in [-0.39, 0.29) is 49.9 Å². The Kier molecular flexibility index (Phi) is 17.8. The molecule has 0 unspecified atom stereocenters. The molecule has 0 saturated heterocycles. The van der Waals surface area contributed by atoms with Crippen molar-refractivity contribution in [1.82, 2.24) is 10.2 Å². The van der Waals surface area contributed by atoms with Crippen LogP contribution in [0.5, 0.6) is 0 Å². The standard InChI is InChI=1S/C19H29NO4.C17H25NO4/c1-6-20(13-12-17(21)24-19(3,4)5)15(2)18(22)23-14-16-10-8-7-9-11-16;1-13(18-11-10-15(19)22-17(2,3)4)16(20)21-12-14-8-6-5-7-9-14/h7-11,15H,6,12-14H2,1-5H3;5-9,13,18H,10-12H2,1-4H3/t15-;13-/m00/s1. The number of carbonyl (C=O) groups excluding carboxylic acids is 4. The third kappa shape index (κ3) is 18.9. The number of hydrogen-bond acceptors (Lipinski definition) is 10. The fraction of sp³-hybridized carbons (Fsp3) is 0.556. The largest absolute Gasteiger partial charge is 0.460 e. The lowest BCUT2D eigenvalue weighted by molar-refractivity contribution is -0.157. The number of esters is 4. The monoisotopic (exact) mass is 642 g/mol. The fourth-order valence-electron chi connectivity index (χ4n) is 3.97. The summed E-state index contributed by atoms with van der Waals surface area (Å²) in [5, 5.41) is 2.96. The van der Waals surface area contributed by atoms with Crippen LogP contribution in [0.3, 0.4) is 0 Å². The summed E-state index contributed by atoms with van der Waals surface area (Å²) >= 11 is 0. The van der Waals surface area contributed by atoms with E-state index in [9.17, 15) is 19.2 Å². The molecule has 1 N–H and O–H groups in total. The molecule has 2 aromatic rings. The number of likely N-dealkylation sites (N-methyl/N-ethyl adjacent to an activating group) is 1. The molecule has 256 valence electrons. The van der Waals surface area contributed by atoms with E-state index in [4.69, 9.17) is 18.9 Å². The van der Waals surface area contributed by atoms with E-state index in [0.29, 0.717) is 19.6 Å². The van der Waals surface area contributed by atoms with E-state index in [1.54, 1.807) is 13.8 Å². The van der Waals surface area contributed by atoms with E-state index < -0.39 is 23.3 Å².